The molecular formula is C36H45N3O6. The molecular weight excluding hydrogens is 570 g/mol. The fourth-order valence-electron chi connectivity index (χ4n) is 4.81. The molecule has 0 aliphatic heterocycles. The first-order chi connectivity index (χ1) is 21.7. The van der Waals surface area contributed by atoms with Crippen molar-refractivity contribution >= 4 is 23.7 Å². The number of nitrogens with zero attached hydrogens (tertiary/aromatic N) is 2. The summed E-state index contributed by atoms with van der Waals surface area (Å²) in [7, 11) is 2.72. The van der Waals surface area contributed by atoms with Crippen molar-refractivity contribution in [2.24, 2.45) is 5.92 Å². The molecule has 0 radical (unpaired) electrons. The Hall–Kier alpha value is -4.50. The number of hydroxylamine groups is 2. The first-order valence-electron chi connectivity index (χ1n) is 15.4. The predicted octanol–water partition coefficient (Wildman–Crippen LogP) is 4.74. The largest absolute Gasteiger partial charge is 0.461 e. The molecule has 0 aliphatic rings. The van der Waals surface area contributed by atoms with E-state index in [0.29, 0.717) is 25.3 Å². The number of hydrogen-bond donors (Lipinski definition) is 1. The molecule has 0 bridgehead atoms. The molecule has 0 saturated carbocycles. The van der Waals surface area contributed by atoms with Gasteiger partial charge in [-0.2, -0.15) is 0 Å². The van der Waals surface area contributed by atoms with Gasteiger partial charge in [-0.15, -0.1) is 0 Å². The number of aryl methyl sites for hydroxylation is 1. The Balaban J connectivity index is 1.86. The minimum atomic E-state index is -1.27. The Morgan fingerprint density at radius 2 is 1.36 bits per heavy atom. The number of nitrogens with one attached hydrogen (secondary N) is 1. The van der Waals surface area contributed by atoms with Crippen molar-refractivity contribution in [3.05, 3.63) is 108 Å². The lowest BCUT2D eigenvalue weighted by molar-refractivity contribution is -0.173. The van der Waals surface area contributed by atoms with Crippen molar-refractivity contribution in [3.63, 3.8) is 0 Å². The maximum Gasteiger partial charge on any atom is 0.308 e. The van der Waals surface area contributed by atoms with Crippen LogP contribution < -0.4 is 5.32 Å². The van der Waals surface area contributed by atoms with Crippen LogP contribution in [-0.2, 0) is 48.2 Å². The molecule has 9 heteroatoms. The maximum absolute atomic E-state index is 14.1. The first kappa shape index (κ1) is 35.0. The van der Waals surface area contributed by atoms with Gasteiger partial charge in [0, 0.05) is 26.4 Å². The summed E-state index contributed by atoms with van der Waals surface area (Å²) >= 11 is 0. The molecule has 9 nitrogen and oxygen atoms in total. The van der Waals surface area contributed by atoms with E-state index < -0.39 is 36.3 Å². The van der Waals surface area contributed by atoms with E-state index in [9.17, 15) is 19.2 Å². The highest BCUT2D eigenvalue weighted by Gasteiger charge is 2.34. The van der Waals surface area contributed by atoms with Gasteiger partial charge in [0.25, 0.3) is 5.91 Å². The Morgan fingerprint density at radius 3 is 1.91 bits per heavy atom. The highest BCUT2D eigenvalue weighted by Crippen LogP contribution is 2.17. The number of carbonyl (C=O) groups excluding carboxylic acids is 4. The first-order valence-corrected chi connectivity index (χ1v) is 15.4. The quantitative estimate of drug-likeness (QED) is 0.174. The van der Waals surface area contributed by atoms with Crippen LogP contribution in [0.15, 0.2) is 91.0 Å². The summed E-state index contributed by atoms with van der Waals surface area (Å²) in [6.45, 7) is 4.53. The third-order valence-electron chi connectivity index (χ3n) is 7.50. The average molecular weight is 616 g/mol. The zero-order valence-electron chi connectivity index (χ0n) is 26.7. The van der Waals surface area contributed by atoms with Crippen LogP contribution in [0.4, 0.5) is 0 Å². The zero-order valence-corrected chi connectivity index (χ0v) is 26.7. The summed E-state index contributed by atoms with van der Waals surface area (Å²) in [5, 5.41) is 3.73. The number of likely N-dealkylation sites (N-methyl/N-ethyl adjacent to an activating group) is 1. The molecule has 3 aromatic rings. The Labute approximate surface area is 266 Å². The molecule has 0 aromatic heterocycles. The standard InChI is InChI=1S/C36H45N3O6/c1-27(2)22-23-39(33(40)21-20-28-14-8-5-9-15-28)32(24-29-16-10-6-11-17-29)35(42)37-31(36(43)38(3)44-4)25-34(41)45-26-30-18-12-7-13-19-30/h5-19,27,31-32H,20-26H2,1-4H3,(H,37,42)/t31-,32?/m0/s1. The molecule has 0 saturated heterocycles. The van der Waals surface area contributed by atoms with Crippen molar-refractivity contribution in [3.8, 4) is 0 Å². The normalized spacial score (nSPS) is 12.2. The second-order valence-corrected chi connectivity index (χ2v) is 11.4. The summed E-state index contributed by atoms with van der Waals surface area (Å²) in [6.07, 6.45) is 1.28. The summed E-state index contributed by atoms with van der Waals surface area (Å²) in [5.74, 6) is -1.68. The summed E-state index contributed by atoms with van der Waals surface area (Å²) in [5.41, 5.74) is 2.69. The van der Waals surface area contributed by atoms with Gasteiger partial charge in [-0.1, -0.05) is 105 Å². The lowest BCUT2D eigenvalue weighted by Gasteiger charge is -2.33. The minimum absolute atomic E-state index is 0.0319. The minimum Gasteiger partial charge on any atom is -0.461 e. The average Bonchev–Trinajstić information content (AvgIpc) is 3.06. The Kier molecular flexibility index (Phi) is 14.3. The van der Waals surface area contributed by atoms with Gasteiger partial charge in [-0.05, 0) is 35.4 Å². The molecule has 45 heavy (non-hydrogen) atoms. The van der Waals surface area contributed by atoms with Crippen LogP contribution in [0.5, 0.6) is 0 Å². The van der Waals surface area contributed by atoms with Crippen molar-refractivity contribution in [1.29, 1.82) is 0 Å². The molecule has 1 N–H and O–H groups in total. The van der Waals surface area contributed by atoms with E-state index in [-0.39, 0.29) is 25.4 Å². The molecule has 1 unspecified atom stereocenters. The monoisotopic (exact) mass is 615 g/mol. The van der Waals surface area contributed by atoms with E-state index in [1.54, 1.807) is 4.90 Å². The number of amides is 3. The smallest absolute Gasteiger partial charge is 0.308 e. The SMILES string of the molecule is CON(C)C(=O)[C@H](CC(=O)OCc1ccccc1)NC(=O)C(Cc1ccccc1)N(CCC(C)C)C(=O)CCc1ccccc1. The predicted molar refractivity (Wildman–Crippen MR) is 172 cm³/mol. The highest BCUT2D eigenvalue weighted by molar-refractivity contribution is 5.94. The topological polar surface area (TPSA) is 105 Å². The van der Waals surface area contributed by atoms with Gasteiger partial charge in [-0.25, -0.2) is 5.06 Å². The van der Waals surface area contributed by atoms with Gasteiger partial charge >= 0.3 is 5.97 Å². The molecule has 0 spiro atoms. The lowest BCUT2D eigenvalue weighted by atomic mass is 10.0. The molecule has 0 heterocycles. The highest BCUT2D eigenvalue weighted by atomic mass is 16.7. The molecule has 2 atom stereocenters. The third kappa shape index (κ3) is 11.8. The Morgan fingerprint density at radius 1 is 0.800 bits per heavy atom. The Bertz CT molecular complexity index is 1350. The maximum atomic E-state index is 14.1. The van der Waals surface area contributed by atoms with Gasteiger partial charge in [-0.3, -0.25) is 24.0 Å². The van der Waals surface area contributed by atoms with Gasteiger partial charge in [0.15, 0.2) is 0 Å². The van der Waals surface area contributed by atoms with E-state index in [1.807, 2.05) is 91.0 Å². The van der Waals surface area contributed by atoms with Crippen molar-refractivity contribution in [1.82, 2.24) is 15.3 Å². The molecule has 0 aliphatic carbocycles. The van der Waals surface area contributed by atoms with E-state index in [0.717, 1.165) is 21.8 Å². The van der Waals surface area contributed by atoms with E-state index >= 15 is 0 Å². The molecule has 0 fully saturated rings. The van der Waals surface area contributed by atoms with Crippen molar-refractivity contribution in [2.45, 2.75) is 64.6 Å². The van der Waals surface area contributed by atoms with Crippen LogP contribution in [0.1, 0.15) is 49.8 Å². The van der Waals surface area contributed by atoms with Gasteiger partial charge in [0.1, 0.15) is 18.7 Å². The second kappa shape index (κ2) is 18.3. The van der Waals surface area contributed by atoms with Crippen molar-refractivity contribution in [2.75, 3.05) is 20.7 Å². The number of ether oxygens (including phenoxy) is 1. The molecule has 240 valence electrons. The molecule has 3 amide bonds. The zero-order chi connectivity index (χ0) is 32.6. The van der Waals surface area contributed by atoms with Crippen LogP contribution in [0.3, 0.4) is 0 Å². The van der Waals surface area contributed by atoms with Crippen LogP contribution in [0.2, 0.25) is 0 Å². The number of benzene rings is 3. The third-order valence-corrected chi connectivity index (χ3v) is 7.50. The summed E-state index contributed by atoms with van der Waals surface area (Å²) < 4.78 is 5.42. The van der Waals surface area contributed by atoms with E-state index in [1.165, 1.54) is 14.2 Å². The van der Waals surface area contributed by atoms with Crippen LogP contribution in [-0.4, -0.2) is 66.4 Å². The lowest BCUT2D eigenvalue weighted by Crippen LogP contribution is -2.56. The molecule has 3 rings (SSSR count). The van der Waals surface area contributed by atoms with Gasteiger partial charge in [0.05, 0.1) is 13.5 Å². The van der Waals surface area contributed by atoms with Gasteiger partial charge < -0.3 is 15.0 Å². The van der Waals surface area contributed by atoms with Crippen LogP contribution >= 0.6 is 0 Å². The van der Waals surface area contributed by atoms with Crippen LogP contribution in [0.25, 0.3) is 0 Å². The number of esters is 1. The molecule has 3 aromatic carbocycles. The van der Waals surface area contributed by atoms with E-state index in [2.05, 4.69) is 19.2 Å². The number of hydrogen-bond acceptors (Lipinski definition) is 6. The van der Waals surface area contributed by atoms with Gasteiger partial charge in [0.2, 0.25) is 11.8 Å². The number of carbonyl (C=O) groups is 4. The van der Waals surface area contributed by atoms with Crippen LogP contribution in [0, 0.1) is 5.92 Å². The number of rotatable bonds is 17. The summed E-state index contributed by atoms with van der Waals surface area (Å²) in [6, 6.07) is 26.2. The summed E-state index contributed by atoms with van der Waals surface area (Å²) in [4.78, 5) is 60.8. The fourth-order valence-corrected chi connectivity index (χ4v) is 4.81. The van der Waals surface area contributed by atoms with E-state index in [4.69, 9.17) is 9.57 Å². The van der Waals surface area contributed by atoms with Crippen molar-refractivity contribution < 1.29 is 28.8 Å². The fraction of sp³-hybridized carbons (Fsp3) is 0.389. The second-order valence-electron chi connectivity index (χ2n) is 11.4.